The summed E-state index contributed by atoms with van der Waals surface area (Å²) in [6.45, 7) is 0. The quantitative estimate of drug-likeness (QED) is 0.863. The first-order valence-electron chi connectivity index (χ1n) is 4.57. The van der Waals surface area contributed by atoms with Crippen molar-refractivity contribution in [2.45, 2.75) is 0 Å². The van der Waals surface area contributed by atoms with Crippen LogP contribution in [-0.4, -0.2) is 15.9 Å². The fraction of sp³-hybridized carbons (Fsp3) is 0. The SMILES string of the molecule is O=C(Nc1ccc(I)cc1)c1cncnc1. The van der Waals surface area contributed by atoms with Gasteiger partial charge >= 0.3 is 0 Å². The van der Waals surface area contributed by atoms with Crippen LogP contribution in [0.2, 0.25) is 0 Å². The Morgan fingerprint density at radius 1 is 1.12 bits per heavy atom. The van der Waals surface area contributed by atoms with Gasteiger partial charge in [-0.25, -0.2) is 9.97 Å². The largest absolute Gasteiger partial charge is 0.322 e. The summed E-state index contributed by atoms with van der Waals surface area (Å²) in [5, 5.41) is 2.76. The van der Waals surface area contributed by atoms with E-state index in [0.29, 0.717) is 5.56 Å². The molecule has 0 atom stereocenters. The average molecular weight is 325 g/mol. The highest BCUT2D eigenvalue weighted by Gasteiger charge is 2.05. The number of amides is 1. The van der Waals surface area contributed by atoms with E-state index in [1.54, 1.807) is 0 Å². The van der Waals surface area contributed by atoms with Crippen LogP contribution in [0, 0.1) is 3.57 Å². The van der Waals surface area contributed by atoms with Crippen molar-refractivity contribution in [3.63, 3.8) is 0 Å². The maximum atomic E-state index is 11.7. The van der Waals surface area contributed by atoms with Crippen LogP contribution in [0.3, 0.4) is 0 Å². The van der Waals surface area contributed by atoms with Crippen molar-refractivity contribution in [1.82, 2.24) is 9.97 Å². The Labute approximate surface area is 106 Å². The number of aromatic nitrogens is 2. The molecule has 0 unspecified atom stereocenters. The van der Waals surface area contributed by atoms with Crippen LogP contribution < -0.4 is 5.32 Å². The minimum atomic E-state index is -0.207. The predicted molar refractivity (Wildman–Crippen MR) is 69.1 cm³/mol. The van der Waals surface area contributed by atoms with Crippen LogP contribution in [0.4, 0.5) is 5.69 Å². The highest BCUT2D eigenvalue weighted by molar-refractivity contribution is 14.1. The van der Waals surface area contributed by atoms with Crippen LogP contribution >= 0.6 is 22.6 Å². The highest BCUT2D eigenvalue weighted by atomic mass is 127. The Kier molecular flexibility index (Phi) is 3.45. The van der Waals surface area contributed by atoms with Crippen molar-refractivity contribution in [2.24, 2.45) is 0 Å². The van der Waals surface area contributed by atoms with Crippen molar-refractivity contribution in [2.75, 3.05) is 5.32 Å². The monoisotopic (exact) mass is 325 g/mol. The normalized spacial score (nSPS) is 9.81. The van der Waals surface area contributed by atoms with E-state index in [9.17, 15) is 4.79 Å². The summed E-state index contributed by atoms with van der Waals surface area (Å²) in [5.41, 5.74) is 1.20. The molecule has 0 aliphatic carbocycles. The van der Waals surface area contributed by atoms with Crippen molar-refractivity contribution in [3.8, 4) is 0 Å². The summed E-state index contributed by atoms with van der Waals surface area (Å²) in [4.78, 5) is 19.3. The fourth-order valence-corrected chi connectivity index (χ4v) is 1.51. The van der Waals surface area contributed by atoms with Crippen LogP contribution in [-0.2, 0) is 0 Å². The van der Waals surface area contributed by atoms with E-state index in [-0.39, 0.29) is 5.91 Å². The topological polar surface area (TPSA) is 54.9 Å². The minimum absolute atomic E-state index is 0.207. The molecule has 0 aliphatic heterocycles. The Balaban J connectivity index is 2.11. The lowest BCUT2D eigenvalue weighted by molar-refractivity contribution is 0.102. The first kappa shape index (κ1) is 11.0. The number of carbonyl (C=O) groups is 1. The van der Waals surface area contributed by atoms with Crippen molar-refractivity contribution < 1.29 is 4.79 Å². The number of nitrogens with zero attached hydrogens (tertiary/aromatic N) is 2. The Morgan fingerprint density at radius 3 is 2.38 bits per heavy atom. The molecule has 0 saturated carbocycles. The van der Waals surface area contributed by atoms with Gasteiger partial charge in [0.1, 0.15) is 6.33 Å². The summed E-state index contributed by atoms with van der Waals surface area (Å²) in [5.74, 6) is -0.207. The van der Waals surface area contributed by atoms with Crippen molar-refractivity contribution in [1.29, 1.82) is 0 Å². The van der Waals surface area contributed by atoms with Gasteiger partial charge in [0.15, 0.2) is 0 Å². The number of anilines is 1. The van der Waals surface area contributed by atoms with E-state index in [2.05, 4.69) is 37.9 Å². The lowest BCUT2D eigenvalue weighted by Crippen LogP contribution is -2.12. The molecule has 1 heterocycles. The highest BCUT2D eigenvalue weighted by Crippen LogP contribution is 2.12. The van der Waals surface area contributed by atoms with E-state index >= 15 is 0 Å². The van der Waals surface area contributed by atoms with Gasteiger partial charge in [-0.3, -0.25) is 4.79 Å². The van der Waals surface area contributed by atoms with Crippen LogP contribution in [0.5, 0.6) is 0 Å². The van der Waals surface area contributed by atoms with Gasteiger partial charge in [0.25, 0.3) is 5.91 Å². The van der Waals surface area contributed by atoms with E-state index < -0.39 is 0 Å². The van der Waals surface area contributed by atoms with Crippen molar-refractivity contribution in [3.05, 3.63) is 52.1 Å². The second-order valence-corrected chi connectivity index (χ2v) is 4.33. The first-order chi connectivity index (χ1) is 7.75. The van der Waals surface area contributed by atoms with Crippen LogP contribution in [0.25, 0.3) is 0 Å². The van der Waals surface area contributed by atoms with Crippen LogP contribution in [0.15, 0.2) is 43.0 Å². The molecule has 4 nitrogen and oxygen atoms in total. The Morgan fingerprint density at radius 2 is 1.75 bits per heavy atom. The number of carbonyl (C=O) groups excluding carboxylic acids is 1. The fourth-order valence-electron chi connectivity index (χ4n) is 1.15. The Hall–Kier alpha value is -1.50. The van der Waals surface area contributed by atoms with Gasteiger partial charge < -0.3 is 5.32 Å². The molecule has 1 N–H and O–H groups in total. The lowest BCUT2D eigenvalue weighted by Gasteiger charge is -2.04. The van der Waals surface area contributed by atoms with Crippen LogP contribution in [0.1, 0.15) is 10.4 Å². The van der Waals surface area contributed by atoms with Gasteiger partial charge in [-0.1, -0.05) is 0 Å². The lowest BCUT2D eigenvalue weighted by atomic mass is 10.3. The minimum Gasteiger partial charge on any atom is -0.322 e. The van der Waals surface area contributed by atoms with E-state index in [0.717, 1.165) is 9.26 Å². The molecular weight excluding hydrogens is 317 g/mol. The molecule has 0 radical (unpaired) electrons. The molecular formula is C11H8IN3O. The second-order valence-electron chi connectivity index (χ2n) is 3.09. The number of halogens is 1. The second kappa shape index (κ2) is 5.02. The van der Waals surface area contributed by atoms with Crippen molar-refractivity contribution >= 4 is 34.2 Å². The van der Waals surface area contributed by atoms with E-state index in [1.807, 2.05) is 24.3 Å². The molecule has 80 valence electrons. The third-order valence-corrected chi connectivity index (χ3v) is 2.64. The molecule has 0 saturated heterocycles. The zero-order valence-corrected chi connectivity index (χ0v) is 10.4. The molecule has 5 heteroatoms. The molecule has 1 aromatic heterocycles. The average Bonchev–Trinajstić information content (AvgIpc) is 2.33. The zero-order valence-electron chi connectivity index (χ0n) is 8.22. The molecule has 2 rings (SSSR count). The molecule has 2 aromatic rings. The molecule has 16 heavy (non-hydrogen) atoms. The third-order valence-electron chi connectivity index (χ3n) is 1.92. The number of nitrogens with one attached hydrogen (secondary N) is 1. The summed E-state index contributed by atoms with van der Waals surface area (Å²) in [7, 11) is 0. The van der Waals surface area contributed by atoms with Gasteiger partial charge in [-0.05, 0) is 46.9 Å². The van der Waals surface area contributed by atoms with Gasteiger partial charge in [0.2, 0.25) is 0 Å². The van der Waals surface area contributed by atoms with Gasteiger partial charge in [-0.15, -0.1) is 0 Å². The molecule has 0 aliphatic rings. The van der Waals surface area contributed by atoms with Gasteiger partial charge in [0, 0.05) is 21.7 Å². The number of benzene rings is 1. The number of rotatable bonds is 2. The smallest absolute Gasteiger partial charge is 0.258 e. The summed E-state index contributed by atoms with van der Waals surface area (Å²) in [6, 6.07) is 7.56. The standard InChI is InChI=1S/C11H8IN3O/c12-9-1-3-10(4-2-9)15-11(16)8-5-13-7-14-6-8/h1-7H,(H,15,16). The summed E-state index contributed by atoms with van der Waals surface area (Å²) >= 11 is 2.21. The number of hydrogen-bond acceptors (Lipinski definition) is 3. The Bertz CT molecular complexity index is 484. The third kappa shape index (κ3) is 2.75. The van der Waals surface area contributed by atoms with Gasteiger partial charge in [-0.2, -0.15) is 0 Å². The molecule has 0 bridgehead atoms. The molecule has 0 fully saturated rings. The molecule has 1 amide bonds. The molecule has 1 aromatic carbocycles. The summed E-state index contributed by atoms with van der Waals surface area (Å²) < 4.78 is 1.12. The predicted octanol–water partition coefficient (Wildman–Crippen LogP) is 2.33. The summed E-state index contributed by atoms with van der Waals surface area (Å²) in [6.07, 6.45) is 4.35. The maximum absolute atomic E-state index is 11.7. The number of hydrogen-bond donors (Lipinski definition) is 1. The maximum Gasteiger partial charge on any atom is 0.258 e. The zero-order chi connectivity index (χ0) is 11.4. The first-order valence-corrected chi connectivity index (χ1v) is 5.65. The van der Waals surface area contributed by atoms with E-state index in [1.165, 1.54) is 18.7 Å². The molecule has 0 spiro atoms. The van der Waals surface area contributed by atoms with Gasteiger partial charge in [0.05, 0.1) is 5.56 Å². The van der Waals surface area contributed by atoms with E-state index in [4.69, 9.17) is 0 Å².